The third-order valence-corrected chi connectivity index (χ3v) is 5.01. The first-order chi connectivity index (χ1) is 11.7. The van der Waals surface area contributed by atoms with Crippen molar-refractivity contribution >= 4 is 23.3 Å². The fraction of sp³-hybridized carbons (Fsp3) is 0.471. The second-order valence-electron chi connectivity index (χ2n) is 6.49. The molecule has 7 heteroatoms. The Bertz CT molecular complexity index is 759. The van der Waals surface area contributed by atoms with Gasteiger partial charge in [-0.3, -0.25) is 9.67 Å². The van der Waals surface area contributed by atoms with Crippen LogP contribution in [0.25, 0.3) is 0 Å². The molecular formula is C17H20ClN5O. The van der Waals surface area contributed by atoms with E-state index in [2.05, 4.69) is 21.5 Å². The molecule has 0 radical (unpaired) electrons. The standard InChI is InChI=1S/C17H20ClN5O/c18-13-8-20-23(10-13)15-5-6-22(11-15)17(24)21-14-7-12-3-1-2-4-16(12)19-9-14/h7-10,15H,1-6,11H2,(H,21,24). The number of pyridine rings is 1. The lowest BCUT2D eigenvalue weighted by Crippen LogP contribution is -2.33. The Morgan fingerprint density at radius 3 is 3.00 bits per heavy atom. The maximum absolute atomic E-state index is 12.5. The number of fused-ring (bicyclic) bond motifs is 1. The number of nitrogens with zero attached hydrogens (tertiary/aromatic N) is 4. The van der Waals surface area contributed by atoms with Gasteiger partial charge in [-0.2, -0.15) is 5.10 Å². The van der Waals surface area contributed by atoms with Gasteiger partial charge in [-0.1, -0.05) is 11.6 Å². The number of hydrogen-bond donors (Lipinski definition) is 1. The van der Waals surface area contributed by atoms with Crippen LogP contribution in [-0.2, 0) is 12.8 Å². The van der Waals surface area contributed by atoms with Crippen LogP contribution in [0, 0.1) is 0 Å². The summed E-state index contributed by atoms with van der Waals surface area (Å²) in [7, 11) is 0. The van der Waals surface area contributed by atoms with E-state index in [9.17, 15) is 4.79 Å². The molecule has 0 saturated carbocycles. The minimum atomic E-state index is -0.0756. The average Bonchev–Trinajstić information content (AvgIpc) is 3.23. The molecule has 2 aliphatic rings. The predicted octanol–water partition coefficient (Wildman–Crippen LogP) is 3.29. The number of nitrogens with one attached hydrogen (secondary N) is 1. The number of amides is 2. The predicted molar refractivity (Wildman–Crippen MR) is 92.4 cm³/mol. The van der Waals surface area contributed by atoms with E-state index >= 15 is 0 Å². The zero-order chi connectivity index (χ0) is 16.5. The van der Waals surface area contributed by atoms with E-state index in [1.807, 2.05) is 9.58 Å². The molecular weight excluding hydrogens is 326 g/mol. The monoisotopic (exact) mass is 345 g/mol. The molecule has 0 spiro atoms. The van der Waals surface area contributed by atoms with Crippen LogP contribution in [0.1, 0.15) is 36.6 Å². The first-order valence-electron chi connectivity index (χ1n) is 8.42. The van der Waals surface area contributed by atoms with E-state index in [4.69, 9.17) is 11.6 Å². The zero-order valence-corrected chi connectivity index (χ0v) is 14.2. The zero-order valence-electron chi connectivity index (χ0n) is 13.4. The van der Waals surface area contributed by atoms with Gasteiger partial charge in [-0.15, -0.1) is 0 Å². The van der Waals surface area contributed by atoms with Gasteiger partial charge in [0, 0.05) is 25.0 Å². The molecule has 2 aromatic rings. The Morgan fingerprint density at radius 2 is 2.17 bits per heavy atom. The molecule has 1 N–H and O–H groups in total. The van der Waals surface area contributed by atoms with Gasteiger partial charge in [0.1, 0.15) is 0 Å². The smallest absolute Gasteiger partial charge is 0.321 e. The van der Waals surface area contributed by atoms with Gasteiger partial charge in [0.05, 0.1) is 29.1 Å². The topological polar surface area (TPSA) is 63.1 Å². The number of hydrogen-bond acceptors (Lipinski definition) is 3. The second-order valence-corrected chi connectivity index (χ2v) is 6.93. The molecule has 1 aliphatic carbocycles. The van der Waals surface area contributed by atoms with Crippen molar-refractivity contribution in [2.75, 3.05) is 18.4 Å². The number of halogens is 1. The lowest BCUT2D eigenvalue weighted by molar-refractivity contribution is 0.220. The minimum Gasteiger partial charge on any atom is -0.322 e. The van der Waals surface area contributed by atoms with Crippen LogP contribution in [0.15, 0.2) is 24.7 Å². The molecule has 1 aliphatic heterocycles. The van der Waals surface area contributed by atoms with Crippen molar-refractivity contribution in [2.24, 2.45) is 0 Å². The van der Waals surface area contributed by atoms with Crippen LogP contribution in [0.3, 0.4) is 0 Å². The Labute approximate surface area is 145 Å². The summed E-state index contributed by atoms with van der Waals surface area (Å²) < 4.78 is 1.84. The molecule has 2 amide bonds. The summed E-state index contributed by atoms with van der Waals surface area (Å²) >= 11 is 5.92. The van der Waals surface area contributed by atoms with E-state index in [1.165, 1.54) is 24.1 Å². The fourth-order valence-corrected chi connectivity index (χ4v) is 3.66. The summed E-state index contributed by atoms with van der Waals surface area (Å²) in [5, 5.41) is 7.84. The van der Waals surface area contributed by atoms with E-state index in [0.29, 0.717) is 18.1 Å². The van der Waals surface area contributed by atoms with Gasteiger partial charge >= 0.3 is 6.03 Å². The molecule has 0 bridgehead atoms. The van der Waals surface area contributed by atoms with Gasteiger partial charge in [-0.05, 0) is 43.7 Å². The average molecular weight is 346 g/mol. The molecule has 1 fully saturated rings. The molecule has 24 heavy (non-hydrogen) atoms. The highest BCUT2D eigenvalue weighted by Crippen LogP contribution is 2.25. The summed E-state index contributed by atoms with van der Waals surface area (Å²) in [6.07, 6.45) is 10.6. The molecule has 1 saturated heterocycles. The maximum atomic E-state index is 12.5. The van der Waals surface area contributed by atoms with Crippen LogP contribution >= 0.6 is 11.6 Å². The quantitative estimate of drug-likeness (QED) is 0.908. The summed E-state index contributed by atoms with van der Waals surface area (Å²) in [5.74, 6) is 0. The second kappa shape index (κ2) is 6.43. The van der Waals surface area contributed by atoms with Gasteiger partial charge in [0.15, 0.2) is 0 Å². The van der Waals surface area contributed by atoms with Crippen molar-refractivity contribution < 1.29 is 4.79 Å². The van der Waals surface area contributed by atoms with Crippen LogP contribution < -0.4 is 5.32 Å². The molecule has 126 valence electrons. The Kier molecular flexibility index (Phi) is 4.14. The normalized spacial score (nSPS) is 20.0. The first kappa shape index (κ1) is 15.4. The Hall–Kier alpha value is -2.08. The third kappa shape index (κ3) is 3.11. The highest BCUT2D eigenvalue weighted by atomic mass is 35.5. The minimum absolute atomic E-state index is 0.0756. The van der Waals surface area contributed by atoms with Crippen molar-refractivity contribution in [3.63, 3.8) is 0 Å². The summed E-state index contributed by atoms with van der Waals surface area (Å²) in [4.78, 5) is 18.8. The van der Waals surface area contributed by atoms with E-state index in [0.717, 1.165) is 24.9 Å². The van der Waals surface area contributed by atoms with Crippen LogP contribution in [-0.4, -0.2) is 38.8 Å². The number of likely N-dealkylation sites (tertiary alicyclic amines) is 1. The van der Waals surface area contributed by atoms with E-state index in [-0.39, 0.29) is 12.1 Å². The van der Waals surface area contributed by atoms with Crippen molar-refractivity contribution in [3.8, 4) is 0 Å². The number of aromatic nitrogens is 3. The largest absolute Gasteiger partial charge is 0.322 e. The number of carbonyl (C=O) groups excluding carboxylic acids is 1. The van der Waals surface area contributed by atoms with Crippen LogP contribution in [0.2, 0.25) is 5.02 Å². The lowest BCUT2D eigenvalue weighted by atomic mass is 9.96. The first-order valence-corrected chi connectivity index (χ1v) is 8.80. The molecule has 1 atom stereocenters. The molecule has 4 rings (SSSR count). The lowest BCUT2D eigenvalue weighted by Gasteiger charge is -2.19. The summed E-state index contributed by atoms with van der Waals surface area (Å²) in [6, 6.07) is 2.18. The van der Waals surface area contributed by atoms with Gasteiger partial charge in [0.25, 0.3) is 0 Å². The van der Waals surface area contributed by atoms with E-state index < -0.39 is 0 Å². The van der Waals surface area contributed by atoms with Gasteiger partial charge in [-0.25, -0.2) is 4.79 Å². The molecule has 6 nitrogen and oxygen atoms in total. The van der Waals surface area contributed by atoms with Crippen molar-refractivity contribution in [1.29, 1.82) is 0 Å². The summed E-state index contributed by atoms with van der Waals surface area (Å²) in [6.45, 7) is 1.36. The fourth-order valence-electron chi connectivity index (χ4n) is 3.52. The molecule has 2 aromatic heterocycles. The SMILES string of the molecule is O=C(Nc1cnc2c(c1)CCCC2)N1CCC(n2cc(Cl)cn2)C1. The molecule has 1 unspecified atom stereocenters. The summed E-state index contributed by atoms with van der Waals surface area (Å²) in [5.41, 5.74) is 3.23. The van der Waals surface area contributed by atoms with Crippen molar-refractivity contribution in [1.82, 2.24) is 19.7 Å². The number of anilines is 1. The number of rotatable bonds is 2. The van der Waals surface area contributed by atoms with Crippen LogP contribution in [0.5, 0.6) is 0 Å². The highest BCUT2D eigenvalue weighted by Gasteiger charge is 2.28. The maximum Gasteiger partial charge on any atom is 0.321 e. The number of carbonyl (C=O) groups is 1. The highest BCUT2D eigenvalue weighted by molar-refractivity contribution is 6.30. The number of urea groups is 1. The van der Waals surface area contributed by atoms with Gasteiger partial charge < -0.3 is 10.2 Å². The Balaban J connectivity index is 1.40. The number of aryl methyl sites for hydroxylation is 2. The molecule has 3 heterocycles. The van der Waals surface area contributed by atoms with Crippen molar-refractivity contribution in [3.05, 3.63) is 40.9 Å². The van der Waals surface area contributed by atoms with E-state index in [1.54, 1.807) is 18.6 Å². The Morgan fingerprint density at radius 1 is 1.29 bits per heavy atom. The van der Waals surface area contributed by atoms with Gasteiger partial charge in [0.2, 0.25) is 0 Å². The van der Waals surface area contributed by atoms with Crippen LogP contribution in [0.4, 0.5) is 10.5 Å². The third-order valence-electron chi connectivity index (χ3n) is 4.82. The molecule has 0 aromatic carbocycles. The van der Waals surface area contributed by atoms with Crippen molar-refractivity contribution in [2.45, 2.75) is 38.1 Å².